The van der Waals surface area contributed by atoms with Gasteiger partial charge in [0.1, 0.15) is 11.4 Å². The molecule has 0 bridgehead atoms. The molecule has 0 spiro atoms. The van der Waals surface area contributed by atoms with E-state index in [-0.39, 0.29) is 5.91 Å². The molecule has 0 radical (unpaired) electrons. The first-order valence-corrected chi connectivity index (χ1v) is 8.06. The summed E-state index contributed by atoms with van der Waals surface area (Å²) in [5, 5.41) is 7.17. The zero-order valence-electron chi connectivity index (χ0n) is 13.9. The molecule has 1 fully saturated rings. The Morgan fingerprint density at radius 3 is 2.70 bits per heavy atom. The van der Waals surface area contributed by atoms with Crippen molar-refractivity contribution in [1.29, 1.82) is 0 Å². The van der Waals surface area contributed by atoms with Gasteiger partial charge < -0.3 is 9.64 Å². The minimum absolute atomic E-state index is 0.0325. The summed E-state index contributed by atoms with van der Waals surface area (Å²) in [6.45, 7) is 6.03. The maximum absolute atomic E-state index is 12.7. The number of nitrogens with one attached hydrogen (secondary N) is 1. The van der Waals surface area contributed by atoms with Crippen molar-refractivity contribution >= 4 is 5.91 Å². The smallest absolute Gasteiger partial charge is 0.271 e. The number of H-pyrrole nitrogens is 1. The van der Waals surface area contributed by atoms with Gasteiger partial charge >= 0.3 is 0 Å². The van der Waals surface area contributed by atoms with E-state index in [9.17, 15) is 4.79 Å². The van der Waals surface area contributed by atoms with E-state index in [0.717, 1.165) is 30.1 Å². The van der Waals surface area contributed by atoms with E-state index < -0.39 is 0 Å². The summed E-state index contributed by atoms with van der Waals surface area (Å²) in [5.74, 6) is 1.90. The molecule has 0 saturated carbocycles. The van der Waals surface area contributed by atoms with Crippen LogP contribution in [0.5, 0.6) is 5.75 Å². The third-order valence-electron chi connectivity index (χ3n) is 4.33. The number of hydrogen-bond donors (Lipinski definition) is 1. The van der Waals surface area contributed by atoms with Gasteiger partial charge in [-0.05, 0) is 36.5 Å². The molecule has 1 aliphatic rings. The van der Waals surface area contributed by atoms with E-state index in [1.807, 2.05) is 35.2 Å². The molecule has 5 nitrogen and oxygen atoms in total. The fraction of sp³-hybridized carbons (Fsp3) is 0.444. The number of piperidine rings is 1. The Morgan fingerprint density at radius 1 is 1.26 bits per heavy atom. The number of carbonyl (C=O) groups is 1. The van der Waals surface area contributed by atoms with Crippen LogP contribution in [-0.2, 0) is 0 Å². The number of methoxy groups -OCH3 is 1. The van der Waals surface area contributed by atoms with Crippen molar-refractivity contribution in [2.75, 3.05) is 20.2 Å². The van der Waals surface area contributed by atoms with E-state index in [2.05, 4.69) is 24.0 Å². The fourth-order valence-electron chi connectivity index (χ4n) is 3.36. The minimum atomic E-state index is 0.0325. The quantitative estimate of drug-likeness (QED) is 0.946. The maximum Gasteiger partial charge on any atom is 0.271 e. The highest BCUT2D eigenvalue weighted by atomic mass is 16.5. The molecule has 1 aromatic carbocycles. The van der Waals surface area contributed by atoms with Crippen molar-refractivity contribution in [2.45, 2.75) is 20.3 Å². The number of rotatable bonds is 3. The van der Waals surface area contributed by atoms with Crippen molar-refractivity contribution < 1.29 is 9.53 Å². The number of carbonyl (C=O) groups excluding carboxylic acids is 1. The first-order valence-electron chi connectivity index (χ1n) is 8.06. The van der Waals surface area contributed by atoms with Gasteiger partial charge in [-0.2, -0.15) is 5.10 Å². The summed E-state index contributed by atoms with van der Waals surface area (Å²) >= 11 is 0. The zero-order valence-corrected chi connectivity index (χ0v) is 13.9. The van der Waals surface area contributed by atoms with Crippen LogP contribution >= 0.6 is 0 Å². The van der Waals surface area contributed by atoms with E-state index in [4.69, 9.17) is 4.74 Å². The second-order valence-electron chi connectivity index (χ2n) is 6.55. The molecule has 1 aliphatic heterocycles. The summed E-state index contributed by atoms with van der Waals surface area (Å²) in [4.78, 5) is 14.6. The molecule has 1 amide bonds. The van der Waals surface area contributed by atoms with Gasteiger partial charge in [-0.3, -0.25) is 9.89 Å². The average Bonchev–Trinajstić information content (AvgIpc) is 3.03. The summed E-state index contributed by atoms with van der Waals surface area (Å²) < 4.78 is 5.24. The van der Waals surface area contributed by atoms with Crippen molar-refractivity contribution in [3.8, 4) is 17.0 Å². The van der Waals surface area contributed by atoms with Gasteiger partial charge in [0.2, 0.25) is 0 Å². The molecular formula is C18H23N3O2. The lowest BCUT2D eigenvalue weighted by Crippen LogP contribution is -2.42. The van der Waals surface area contributed by atoms with E-state index in [0.29, 0.717) is 17.5 Å². The predicted octanol–water partition coefficient (Wildman–Crippen LogP) is 3.20. The molecule has 2 atom stereocenters. The summed E-state index contributed by atoms with van der Waals surface area (Å²) in [6.07, 6.45) is 1.18. The van der Waals surface area contributed by atoms with Crippen molar-refractivity contribution in [2.24, 2.45) is 11.8 Å². The van der Waals surface area contributed by atoms with Crippen LogP contribution in [0.1, 0.15) is 30.8 Å². The predicted molar refractivity (Wildman–Crippen MR) is 89.4 cm³/mol. The number of amides is 1. The van der Waals surface area contributed by atoms with Crippen molar-refractivity contribution in [3.63, 3.8) is 0 Å². The van der Waals surface area contributed by atoms with Crippen LogP contribution in [0.3, 0.4) is 0 Å². The number of benzene rings is 1. The third-order valence-corrected chi connectivity index (χ3v) is 4.33. The third kappa shape index (κ3) is 3.38. The topological polar surface area (TPSA) is 58.2 Å². The zero-order chi connectivity index (χ0) is 16.4. The lowest BCUT2D eigenvalue weighted by atomic mass is 9.92. The second-order valence-corrected chi connectivity index (χ2v) is 6.55. The van der Waals surface area contributed by atoms with Gasteiger partial charge in [0.25, 0.3) is 5.91 Å². The Hall–Kier alpha value is -2.30. The number of hydrogen-bond acceptors (Lipinski definition) is 3. The first kappa shape index (κ1) is 15.6. The van der Waals surface area contributed by atoms with E-state index in [1.54, 1.807) is 7.11 Å². The molecule has 2 aromatic rings. The number of nitrogens with zero attached hydrogens (tertiary/aromatic N) is 2. The monoisotopic (exact) mass is 313 g/mol. The molecule has 0 unspecified atom stereocenters. The number of likely N-dealkylation sites (tertiary alicyclic amines) is 1. The standard InChI is InChI=1S/C18H23N3O2/c1-12-7-13(2)11-21(10-12)18(22)17-9-16(19-20-17)14-5-4-6-15(8-14)23-3/h4-6,8-9,12-13H,7,10-11H2,1-3H3,(H,19,20)/t12-,13+. The SMILES string of the molecule is COc1cccc(-c2cc(C(=O)N3C[C@H](C)C[C@H](C)C3)[nH]n2)c1. The summed E-state index contributed by atoms with van der Waals surface area (Å²) in [7, 11) is 1.64. The molecule has 1 saturated heterocycles. The van der Waals surface area contributed by atoms with Gasteiger partial charge in [-0.15, -0.1) is 0 Å². The van der Waals surface area contributed by atoms with Gasteiger partial charge in [0.15, 0.2) is 0 Å². The Balaban J connectivity index is 1.79. The second kappa shape index (κ2) is 6.44. The Labute approximate surface area is 136 Å². The van der Waals surface area contributed by atoms with Crippen LogP contribution in [0.25, 0.3) is 11.3 Å². The van der Waals surface area contributed by atoms with Gasteiger partial charge in [0, 0.05) is 18.7 Å². The molecule has 0 aliphatic carbocycles. The van der Waals surface area contributed by atoms with Crippen molar-refractivity contribution in [3.05, 3.63) is 36.0 Å². The van der Waals surface area contributed by atoms with Crippen LogP contribution in [0.15, 0.2) is 30.3 Å². The molecule has 23 heavy (non-hydrogen) atoms. The Bertz CT molecular complexity index is 685. The molecule has 5 heteroatoms. The first-order chi connectivity index (χ1) is 11.1. The van der Waals surface area contributed by atoms with E-state index in [1.165, 1.54) is 6.42 Å². The molecule has 2 heterocycles. The highest BCUT2D eigenvalue weighted by Gasteiger charge is 2.27. The van der Waals surface area contributed by atoms with Crippen molar-refractivity contribution in [1.82, 2.24) is 15.1 Å². The van der Waals surface area contributed by atoms with Gasteiger partial charge in [-0.1, -0.05) is 26.0 Å². The molecule has 1 aromatic heterocycles. The molecule has 1 N–H and O–H groups in total. The average molecular weight is 313 g/mol. The van der Waals surface area contributed by atoms with Crippen LogP contribution in [0.4, 0.5) is 0 Å². The molecule has 3 rings (SSSR count). The fourth-order valence-corrected chi connectivity index (χ4v) is 3.36. The number of ether oxygens (including phenoxy) is 1. The largest absolute Gasteiger partial charge is 0.497 e. The van der Waals surface area contributed by atoms with E-state index >= 15 is 0 Å². The van der Waals surface area contributed by atoms with Crippen LogP contribution in [-0.4, -0.2) is 41.2 Å². The summed E-state index contributed by atoms with van der Waals surface area (Å²) in [5.41, 5.74) is 2.23. The highest BCUT2D eigenvalue weighted by molar-refractivity contribution is 5.93. The maximum atomic E-state index is 12.7. The minimum Gasteiger partial charge on any atom is -0.497 e. The Morgan fingerprint density at radius 2 is 2.00 bits per heavy atom. The molecule has 122 valence electrons. The lowest BCUT2D eigenvalue weighted by molar-refractivity contribution is 0.0617. The Kier molecular flexibility index (Phi) is 4.37. The van der Waals surface area contributed by atoms with Gasteiger partial charge in [-0.25, -0.2) is 0 Å². The van der Waals surface area contributed by atoms with Crippen LogP contribution < -0.4 is 4.74 Å². The number of aromatic nitrogens is 2. The van der Waals surface area contributed by atoms with Crippen LogP contribution in [0, 0.1) is 11.8 Å². The van der Waals surface area contributed by atoms with Crippen LogP contribution in [0.2, 0.25) is 0 Å². The lowest BCUT2D eigenvalue weighted by Gasteiger charge is -2.34. The van der Waals surface area contributed by atoms with Gasteiger partial charge in [0.05, 0.1) is 12.8 Å². The molecular weight excluding hydrogens is 290 g/mol. The normalized spacial score (nSPS) is 21.3. The summed E-state index contributed by atoms with van der Waals surface area (Å²) in [6, 6.07) is 9.49. The highest BCUT2D eigenvalue weighted by Crippen LogP contribution is 2.25. The number of aromatic amines is 1.